The van der Waals surface area contributed by atoms with Crippen molar-refractivity contribution in [3.05, 3.63) is 107 Å². The Balaban J connectivity index is 1.80. The minimum atomic E-state index is -0.681. The van der Waals surface area contributed by atoms with Crippen molar-refractivity contribution in [1.29, 1.82) is 5.41 Å². The highest BCUT2D eigenvalue weighted by atomic mass is 16.5. The van der Waals surface area contributed by atoms with Crippen molar-refractivity contribution in [2.24, 2.45) is 5.73 Å². The molecule has 4 aromatic rings. The molecule has 0 radical (unpaired) electrons. The van der Waals surface area contributed by atoms with Gasteiger partial charge >= 0.3 is 11.7 Å². The number of benzene rings is 2. The molecule has 0 fully saturated rings. The zero-order valence-corrected chi connectivity index (χ0v) is 20.5. The van der Waals surface area contributed by atoms with E-state index in [0.717, 1.165) is 4.68 Å². The highest BCUT2D eigenvalue weighted by molar-refractivity contribution is 5.95. The standard InChI is InChI=1S/C26H26N8O4/c1-3-11-37-21-13-17(15-38-16(2)35)12-19(14-21)22(31-20-7-5-18(6-8-20)23(27)28)24-32-26(36)34(33-24)25-29-9-4-10-30-25/h3-10,12-14,22,31H,1,11,15H2,2H3,(H3,27,28)(H,32,33,36). The van der Waals surface area contributed by atoms with Crippen LogP contribution >= 0.6 is 0 Å². The fourth-order valence-corrected chi connectivity index (χ4v) is 3.59. The van der Waals surface area contributed by atoms with Gasteiger partial charge in [0.1, 0.15) is 30.8 Å². The van der Waals surface area contributed by atoms with Crippen LogP contribution in [0.2, 0.25) is 0 Å². The Hall–Kier alpha value is -5.26. The van der Waals surface area contributed by atoms with Crippen LogP contribution in [0.15, 0.2) is 78.4 Å². The van der Waals surface area contributed by atoms with Crippen molar-refractivity contribution in [3.8, 4) is 11.7 Å². The number of nitrogens with two attached hydrogens (primary N) is 1. The van der Waals surface area contributed by atoms with Crippen LogP contribution in [-0.2, 0) is 16.1 Å². The lowest BCUT2D eigenvalue weighted by molar-refractivity contribution is -0.142. The molecule has 2 aromatic heterocycles. The van der Waals surface area contributed by atoms with E-state index in [2.05, 4.69) is 31.9 Å². The van der Waals surface area contributed by atoms with Gasteiger partial charge in [-0.3, -0.25) is 15.2 Å². The first-order valence-electron chi connectivity index (χ1n) is 11.5. The van der Waals surface area contributed by atoms with Gasteiger partial charge < -0.3 is 20.5 Å². The third kappa shape index (κ3) is 6.29. The molecule has 2 aromatic carbocycles. The maximum Gasteiger partial charge on any atom is 0.350 e. The fraction of sp³-hybridized carbons (Fsp3) is 0.154. The van der Waals surface area contributed by atoms with Gasteiger partial charge in [-0.05, 0) is 59.7 Å². The summed E-state index contributed by atoms with van der Waals surface area (Å²) >= 11 is 0. The first-order valence-corrected chi connectivity index (χ1v) is 11.5. The second kappa shape index (κ2) is 11.6. The lowest BCUT2D eigenvalue weighted by Gasteiger charge is -2.20. The first kappa shape index (κ1) is 25.8. The van der Waals surface area contributed by atoms with Gasteiger partial charge in [0, 0.05) is 30.6 Å². The van der Waals surface area contributed by atoms with Gasteiger partial charge in [0.2, 0.25) is 0 Å². The number of carbonyl (C=O) groups excluding carboxylic acids is 1. The van der Waals surface area contributed by atoms with Crippen molar-refractivity contribution in [2.75, 3.05) is 11.9 Å². The molecule has 12 nitrogen and oxygen atoms in total. The van der Waals surface area contributed by atoms with Gasteiger partial charge in [-0.25, -0.2) is 14.8 Å². The normalized spacial score (nSPS) is 11.4. The number of aromatic nitrogens is 5. The summed E-state index contributed by atoms with van der Waals surface area (Å²) in [4.78, 5) is 35.2. The van der Waals surface area contributed by atoms with Crippen LogP contribution < -0.4 is 21.5 Å². The molecule has 0 aliphatic rings. The number of nitrogens with one attached hydrogen (secondary N) is 3. The van der Waals surface area contributed by atoms with E-state index in [1.807, 2.05) is 6.07 Å². The lowest BCUT2D eigenvalue weighted by Crippen LogP contribution is -2.18. The number of H-pyrrole nitrogens is 1. The Labute approximate surface area is 217 Å². The lowest BCUT2D eigenvalue weighted by atomic mass is 10.0. The van der Waals surface area contributed by atoms with Gasteiger partial charge in [0.15, 0.2) is 5.82 Å². The summed E-state index contributed by atoms with van der Waals surface area (Å²) in [6.07, 6.45) is 4.64. The molecule has 0 saturated carbocycles. The Morgan fingerprint density at radius 2 is 1.97 bits per heavy atom. The molecule has 194 valence electrons. The van der Waals surface area contributed by atoms with E-state index in [0.29, 0.717) is 28.1 Å². The Morgan fingerprint density at radius 3 is 2.63 bits per heavy atom. The second-order valence-corrected chi connectivity index (χ2v) is 8.13. The second-order valence-electron chi connectivity index (χ2n) is 8.13. The maximum atomic E-state index is 12.8. The highest BCUT2D eigenvalue weighted by Gasteiger charge is 2.22. The number of esters is 1. The molecule has 4 rings (SSSR count). The summed E-state index contributed by atoms with van der Waals surface area (Å²) < 4.78 is 12.1. The molecule has 12 heteroatoms. The van der Waals surface area contributed by atoms with Crippen molar-refractivity contribution >= 4 is 17.5 Å². The minimum absolute atomic E-state index is 0.0243. The van der Waals surface area contributed by atoms with Gasteiger partial charge in [0.25, 0.3) is 5.95 Å². The van der Waals surface area contributed by atoms with E-state index < -0.39 is 17.7 Å². The number of rotatable bonds is 11. The minimum Gasteiger partial charge on any atom is -0.490 e. The summed E-state index contributed by atoms with van der Waals surface area (Å²) in [5, 5.41) is 15.5. The van der Waals surface area contributed by atoms with Gasteiger partial charge in [-0.2, -0.15) is 0 Å². The molecule has 38 heavy (non-hydrogen) atoms. The van der Waals surface area contributed by atoms with Crippen LogP contribution in [0.25, 0.3) is 5.95 Å². The fourth-order valence-electron chi connectivity index (χ4n) is 3.59. The number of carbonyl (C=O) groups is 1. The zero-order valence-electron chi connectivity index (χ0n) is 20.5. The third-order valence-corrected chi connectivity index (χ3v) is 5.29. The largest absolute Gasteiger partial charge is 0.490 e. The number of nitrogens with zero attached hydrogens (tertiary/aromatic N) is 4. The van der Waals surface area contributed by atoms with Crippen molar-refractivity contribution in [1.82, 2.24) is 24.7 Å². The van der Waals surface area contributed by atoms with Crippen LogP contribution in [0.3, 0.4) is 0 Å². The molecule has 0 aliphatic heterocycles. The number of anilines is 1. The molecule has 1 unspecified atom stereocenters. The van der Waals surface area contributed by atoms with Crippen molar-refractivity contribution in [3.63, 3.8) is 0 Å². The Bertz CT molecular complexity index is 1500. The van der Waals surface area contributed by atoms with Crippen LogP contribution in [0, 0.1) is 5.41 Å². The molecule has 0 spiro atoms. The number of aromatic amines is 1. The molecule has 2 heterocycles. The van der Waals surface area contributed by atoms with Crippen LogP contribution in [0.4, 0.5) is 5.69 Å². The summed E-state index contributed by atoms with van der Waals surface area (Å²) in [5.41, 5.74) is 7.63. The first-order chi connectivity index (χ1) is 18.3. The molecular weight excluding hydrogens is 488 g/mol. The molecule has 1 atom stereocenters. The quantitative estimate of drug-likeness (QED) is 0.101. The average Bonchev–Trinajstić information content (AvgIpc) is 3.31. The predicted molar refractivity (Wildman–Crippen MR) is 140 cm³/mol. The molecule has 0 bridgehead atoms. The smallest absolute Gasteiger partial charge is 0.350 e. The predicted octanol–water partition coefficient (Wildman–Crippen LogP) is 2.46. The summed E-state index contributed by atoms with van der Waals surface area (Å²) in [7, 11) is 0. The molecule has 5 N–H and O–H groups in total. The summed E-state index contributed by atoms with van der Waals surface area (Å²) in [5.74, 6) is 0.424. The number of hydrogen-bond donors (Lipinski definition) is 4. The summed E-state index contributed by atoms with van der Waals surface area (Å²) in [6, 6.07) is 13.3. The van der Waals surface area contributed by atoms with Crippen LogP contribution in [-0.4, -0.2) is 43.1 Å². The average molecular weight is 515 g/mol. The molecule has 0 aliphatic carbocycles. The van der Waals surface area contributed by atoms with E-state index in [-0.39, 0.29) is 30.8 Å². The van der Waals surface area contributed by atoms with Crippen molar-refractivity contribution in [2.45, 2.75) is 19.6 Å². The van der Waals surface area contributed by atoms with Gasteiger partial charge in [-0.1, -0.05) is 12.7 Å². The van der Waals surface area contributed by atoms with E-state index in [4.69, 9.17) is 20.6 Å². The third-order valence-electron chi connectivity index (χ3n) is 5.29. The molecular formula is C26H26N8O4. The number of amidine groups is 1. The van der Waals surface area contributed by atoms with Gasteiger partial charge in [-0.15, -0.1) is 9.78 Å². The van der Waals surface area contributed by atoms with E-state index in [1.54, 1.807) is 48.5 Å². The SMILES string of the molecule is C=CCOc1cc(COC(C)=O)cc(C(Nc2ccc(C(=N)N)cc2)c2nn(-c3ncccn3)c(=O)[nH]2)c1. The van der Waals surface area contributed by atoms with E-state index >= 15 is 0 Å². The van der Waals surface area contributed by atoms with Crippen molar-refractivity contribution < 1.29 is 14.3 Å². The molecule has 0 amide bonds. The zero-order chi connectivity index (χ0) is 27.1. The number of nitrogen functional groups attached to an aromatic ring is 1. The molecule has 0 saturated heterocycles. The maximum absolute atomic E-state index is 12.8. The number of hydrogen-bond acceptors (Lipinski definition) is 9. The topological polar surface area (TPSA) is 174 Å². The van der Waals surface area contributed by atoms with E-state index in [1.165, 1.54) is 19.3 Å². The Kier molecular flexibility index (Phi) is 7.92. The Morgan fingerprint density at radius 1 is 1.24 bits per heavy atom. The highest BCUT2D eigenvalue weighted by Crippen LogP contribution is 2.29. The monoisotopic (exact) mass is 514 g/mol. The van der Waals surface area contributed by atoms with Crippen LogP contribution in [0.5, 0.6) is 5.75 Å². The van der Waals surface area contributed by atoms with Gasteiger partial charge in [0.05, 0.1) is 0 Å². The number of ether oxygens (including phenoxy) is 2. The summed E-state index contributed by atoms with van der Waals surface area (Å²) in [6.45, 7) is 5.30. The van der Waals surface area contributed by atoms with E-state index in [9.17, 15) is 9.59 Å². The van der Waals surface area contributed by atoms with Crippen LogP contribution in [0.1, 0.15) is 35.5 Å².